The number of carbonyl (C=O) groups is 1. The molecular formula is C23H25N3O2. The van der Waals surface area contributed by atoms with E-state index in [9.17, 15) is 9.90 Å². The number of aliphatic hydroxyl groups excluding tert-OH is 1. The molecule has 1 atom stereocenters. The van der Waals surface area contributed by atoms with Crippen LogP contribution >= 0.6 is 0 Å². The third-order valence-electron chi connectivity index (χ3n) is 5.21. The molecule has 0 bridgehead atoms. The Morgan fingerprint density at radius 2 is 1.75 bits per heavy atom. The number of nitrogens with one attached hydrogen (secondary N) is 2. The van der Waals surface area contributed by atoms with Crippen molar-refractivity contribution in [3.05, 3.63) is 77.9 Å². The van der Waals surface area contributed by atoms with Crippen molar-refractivity contribution in [3.8, 4) is 0 Å². The summed E-state index contributed by atoms with van der Waals surface area (Å²) in [7, 11) is 0. The van der Waals surface area contributed by atoms with Gasteiger partial charge in [-0.15, -0.1) is 0 Å². The van der Waals surface area contributed by atoms with E-state index in [1.54, 1.807) is 0 Å². The zero-order valence-corrected chi connectivity index (χ0v) is 15.8. The molecule has 0 radical (unpaired) electrons. The van der Waals surface area contributed by atoms with Gasteiger partial charge >= 0.3 is 6.03 Å². The summed E-state index contributed by atoms with van der Waals surface area (Å²) in [6.45, 7) is 2.53. The number of rotatable bonds is 5. The number of urea groups is 1. The lowest BCUT2D eigenvalue weighted by atomic mass is 10.00. The fraction of sp³-hybridized carbons (Fsp3) is 0.261. The van der Waals surface area contributed by atoms with Gasteiger partial charge in [0.2, 0.25) is 0 Å². The molecule has 1 aliphatic rings. The van der Waals surface area contributed by atoms with Crippen molar-refractivity contribution in [2.45, 2.75) is 19.1 Å². The highest BCUT2D eigenvalue weighted by atomic mass is 16.3. The van der Waals surface area contributed by atoms with E-state index in [-0.39, 0.29) is 12.6 Å². The van der Waals surface area contributed by atoms with Crippen LogP contribution in [-0.2, 0) is 13.0 Å². The molecule has 5 heteroatoms. The Kier molecular flexibility index (Phi) is 5.55. The van der Waals surface area contributed by atoms with Gasteiger partial charge < -0.3 is 15.7 Å². The predicted octanol–water partition coefficient (Wildman–Crippen LogP) is 3.38. The molecule has 2 amide bonds. The van der Waals surface area contributed by atoms with Gasteiger partial charge in [0.25, 0.3) is 0 Å². The molecule has 28 heavy (non-hydrogen) atoms. The number of carbonyl (C=O) groups excluding carboxylic acids is 1. The molecule has 0 aliphatic carbocycles. The zero-order valence-electron chi connectivity index (χ0n) is 15.8. The van der Waals surface area contributed by atoms with Gasteiger partial charge in [-0.25, -0.2) is 4.79 Å². The summed E-state index contributed by atoms with van der Waals surface area (Å²) < 4.78 is 0. The minimum absolute atomic E-state index is 0.217. The van der Waals surface area contributed by atoms with Crippen LogP contribution in [0.2, 0.25) is 0 Å². The molecule has 144 valence electrons. The van der Waals surface area contributed by atoms with E-state index in [1.807, 2.05) is 42.5 Å². The molecule has 1 heterocycles. The topological polar surface area (TPSA) is 64.6 Å². The second-order valence-electron chi connectivity index (χ2n) is 7.27. The first kappa shape index (κ1) is 18.5. The number of amides is 2. The van der Waals surface area contributed by atoms with Gasteiger partial charge in [-0.1, -0.05) is 60.7 Å². The van der Waals surface area contributed by atoms with Crippen LogP contribution in [0.25, 0.3) is 10.8 Å². The normalized spacial score (nSPS) is 15.0. The Morgan fingerprint density at radius 1 is 1.00 bits per heavy atom. The third kappa shape index (κ3) is 4.32. The lowest BCUT2D eigenvalue weighted by Crippen LogP contribution is -2.42. The van der Waals surface area contributed by atoms with Crippen LogP contribution < -0.4 is 10.6 Å². The number of benzene rings is 3. The van der Waals surface area contributed by atoms with Gasteiger partial charge in [-0.2, -0.15) is 0 Å². The first-order valence-corrected chi connectivity index (χ1v) is 9.69. The van der Waals surface area contributed by atoms with Crippen molar-refractivity contribution in [2.24, 2.45) is 0 Å². The summed E-state index contributed by atoms with van der Waals surface area (Å²) >= 11 is 0. The predicted molar refractivity (Wildman–Crippen MR) is 112 cm³/mol. The zero-order chi connectivity index (χ0) is 19.3. The first-order chi connectivity index (χ1) is 13.7. The highest BCUT2D eigenvalue weighted by molar-refractivity contribution is 6.01. The monoisotopic (exact) mass is 375 g/mol. The summed E-state index contributed by atoms with van der Waals surface area (Å²) in [5.41, 5.74) is 3.47. The summed E-state index contributed by atoms with van der Waals surface area (Å²) in [5.74, 6) is 0. The average Bonchev–Trinajstić information content (AvgIpc) is 2.72. The number of nitrogens with zero attached hydrogens (tertiary/aromatic N) is 1. The van der Waals surface area contributed by atoms with Crippen molar-refractivity contribution in [1.29, 1.82) is 0 Å². The number of hydrogen-bond acceptors (Lipinski definition) is 3. The molecule has 0 unspecified atom stereocenters. The molecule has 0 spiro atoms. The SMILES string of the molecule is O=C(NC[C@@H](O)CN1CCc2ccccc2C1)Nc1cccc2ccccc12. The van der Waals surface area contributed by atoms with E-state index >= 15 is 0 Å². The van der Waals surface area contributed by atoms with Crippen molar-refractivity contribution < 1.29 is 9.90 Å². The molecule has 5 nitrogen and oxygen atoms in total. The van der Waals surface area contributed by atoms with Crippen molar-refractivity contribution in [1.82, 2.24) is 10.2 Å². The number of anilines is 1. The van der Waals surface area contributed by atoms with Crippen LogP contribution in [0.1, 0.15) is 11.1 Å². The Labute approximate surface area is 165 Å². The molecule has 1 aliphatic heterocycles. The van der Waals surface area contributed by atoms with Crippen LogP contribution in [0.5, 0.6) is 0 Å². The highest BCUT2D eigenvalue weighted by Gasteiger charge is 2.18. The Bertz CT molecular complexity index is 967. The minimum atomic E-state index is -0.608. The second kappa shape index (κ2) is 8.42. The number of fused-ring (bicyclic) bond motifs is 2. The maximum atomic E-state index is 12.3. The third-order valence-corrected chi connectivity index (χ3v) is 5.21. The first-order valence-electron chi connectivity index (χ1n) is 9.69. The quantitative estimate of drug-likeness (QED) is 0.641. The van der Waals surface area contributed by atoms with Gasteiger partial charge in [0.1, 0.15) is 0 Å². The molecule has 4 rings (SSSR count). The van der Waals surface area contributed by atoms with Crippen LogP contribution in [0.15, 0.2) is 66.7 Å². The largest absolute Gasteiger partial charge is 0.390 e. The van der Waals surface area contributed by atoms with Crippen LogP contribution in [0, 0.1) is 0 Å². The van der Waals surface area contributed by atoms with Crippen molar-refractivity contribution in [3.63, 3.8) is 0 Å². The van der Waals surface area contributed by atoms with Gasteiger partial charge in [-0.05, 0) is 29.0 Å². The maximum Gasteiger partial charge on any atom is 0.319 e. The van der Waals surface area contributed by atoms with Crippen LogP contribution in [-0.4, -0.2) is 41.8 Å². The molecule has 0 aromatic heterocycles. The summed E-state index contributed by atoms with van der Waals surface area (Å²) in [4.78, 5) is 14.5. The van der Waals surface area contributed by atoms with E-state index in [0.717, 1.165) is 36.0 Å². The maximum absolute atomic E-state index is 12.3. The molecule has 0 saturated heterocycles. The van der Waals surface area contributed by atoms with Crippen LogP contribution in [0.4, 0.5) is 10.5 Å². The van der Waals surface area contributed by atoms with E-state index in [0.29, 0.717) is 6.54 Å². The minimum Gasteiger partial charge on any atom is -0.390 e. The van der Waals surface area contributed by atoms with Gasteiger partial charge in [0.05, 0.1) is 11.8 Å². The fourth-order valence-electron chi connectivity index (χ4n) is 3.78. The molecule has 0 saturated carbocycles. The van der Waals surface area contributed by atoms with E-state index in [1.165, 1.54) is 11.1 Å². The lowest BCUT2D eigenvalue weighted by molar-refractivity contribution is 0.106. The number of aliphatic hydroxyl groups is 1. The van der Waals surface area contributed by atoms with Crippen LogP contribution in [0.3, 0.4) is 0 Å². The van der Waals surface area contributed by atoms with Gasteiger partial charge in [-0.3, -0.25) is 4.90 Å². The summed E-state index contributed by atoms with van der Waals surface area (Å²) in [6.07, 6.45) is 0.390. The van der Waals surface area contributed by atoms with E-state index in [4.69, 9.17) is 0 Å². The Balaban J connectivity index is 1.28. The highest BCUT2D eigenvalue weighted by Crippen LogP contribution is 2.22. The lowest BCUT2D eigenvalue weighted by Gasteiger charge is -2.30. The molecule has 3 N–H and O–H groups in total. The average molecular weight is 375 g/mol. The van der Waals surface area contributed by atoms with Crippen molar-refractivity contribution >= 4 is 22.5 Å². The summed E-state index contributed by atoms with van der Waals surface area (Å²) in [5, 5.41) is 18.1. The van der Waals surface area contributed by atoms with Crippen molar-refractivity contribution in [2.75, 3.05) is 25.0 Å². The Morgan fingerprint density at radius 3 is 2.64 bits per heavy atom. The molecule has 3 aromatic carbocycles. The van der Waals surface area contributed by atoms with E-state index in [2.05, 4.69) is 39.8 Å². The second-order valence-corrected chi connectivity index (χ2v) is 7.27. The standard InChI is InChI=1S/C23H25N3O2/c27-20(16-26-13-12-17-6-1-2-8-19(17)15-26)14-24-23(28)25-22-11-5-9-18-7-3-4-10-21(18)22/h1-11,20,27H,12-16H2,(H2,24,25,28)/t20-/m1/s1. The Hall–Kier alpha value is -2.89. The smallest absolute Gasteiger partial charge is 0.319 e. The van der Waals surface area contributed by atoms with E-state index < -0.39 is 6.10 Å². The van der Waals surface area contributed by atoms with Gasteiger partial charge in [0.15, 0.2) is 0 Å². The summed E-state index contributed by atoms with van der Waals surface area (Å²) in [6, 6.07) is 21.9. The number of β-amino-alcohol motifs (C(OH)–C–C–N with tert-alkyl or cyclic N) is 1. The molecular weight excluding hydrogens is 350 g/mol. The molecule has 3 aromatic rings. The molecule has 0 fully saturated rings. The fourth-order valence-corrected chi connectivity index (χ4v) is 3.78. The van der Waals surface area contributed by atoms with Gasteiger partial charge in [0, 0.05) is 31.6 Å². The number of hydrogen-bond donors (Lipinski definition) is 3.